The summed E-state index contributed by atoms with van der Waals surface area (Å²) in [5.74, 6) is 2.19. The SMILES string of the molecule is CCCOc1ccc(Cn2c(C)cn3c(C4CCOCC4)ncc3c2=O)cc1. The molecule has 2 aromatic heterocycles. The van der Waals surface area contributed by atoms with Gasteiger partial charge in [-0.1, -0.05) is 19.1 Å². The van der Waals surface area contributed by atoms with Crippen LogP contribution in [0, 0.1) is 6.92 Å². The molecule has 6 nitrogen and oxygen atoms in total. The maximum Gasteiger partial charge on any atom is 0.276 e. The first-order valence-corrected chi connectivity index (χ1v) is 10.0. The normalized spacial score (nSPS) is 15.2. The Balaban J connectivity index is 1.62. The molecule has 1 aliphatic heterocycles. The first-order valence-electron chi connectivity index (χ1n) is 10.0. The molecule has 1 aliphatic rings. The minimum absolute atomic E-state index is 0.00267. The molecule has 0 N–H and O–H groups in total. The van der Waals surface area contributed by atoms with Crippen LogP contribution in [0.2, 0.25) is 0 Å². The zero-order valence-corrected chi connectivity index (χ0v) is 16.6. The van der Waals surface area contributed by atoms with Crippen molar-refractivity contribution in [1.82, 2.24) is 14.0 Å². The van der Waals surface area contributed by atoms with Crippen LogP contribution < -0.4 is 10.3 Å². The number of fused-ring (bicyclic) bond motifs is 1. The molecule has 0 unspecified atom stereocenters. The minimum Gasteiger partial charge on any atom is -0.494 e. The van der Waals surface area contributed by atoms with Crippen molar-refractivity contribution in [3.63, 3.8) is 0 Å². The number of nitrogens with zero attached hydrogens (tertiary/aromatic N) is 3. The van der Waals surface area contributed by atoms with E-state index in [1.165, 1.54) is 0 Å². The average molecular weight is 381 g/mol. The fourth-order valence-corrected chi connectivity index (χ4v) is 3.77. The van der Waals surface area contributed by atoms with Crippen molar-refractivity contribution >= 4 is 5.52 Å². The number of aryl methyl sites for hydroxylation is 1. The van der Waals surface area contributed by atoms with E-state index in [0.29, 0.717) is 24.6 Å². The van der Waals surface area contributed by atoms with Gasteiger partial charge in [0.2, 0.25) is 0 Å². The Morgan fingerprint density at radius 3 is 2.68 bits per heavy atom. The molecule has 0 atom stereocenters. The molecule has 0 saturated carbocycles. The van der Waals surface area contributed by atoms with Crippen LogP contribution in [0.1, 0.15) is 49.2 Å². The van der Waals surface area contributed by atoms with Crippen LogP contribution in [0.15, 0.2) is 41.5 Å². The maximum absolute atomic E-state index is 13.1. The molecule has 1 saturated heterocycles. The largest absolute Gasteiger partial charge is 0.494 e. The van der Waals surface area contributed by atoms with E-state index >= 15 is 0 Å². The van der Waals surface area contributed by atoms with Crippen molar-refractivity contribution in [2.45, 2.75) is 45.6 Å². The van der Waals surface area contributed by atoms with Gasteiger partial charge in [0.25, 0.3) is 5.56 Å². The van der Waals surface area contributed by atoms with E-state index in [9.17, 15) is 4.79 Å². The van der Waals surface area contributed by atoms with Crippen molar-refractivity contribution in [3.05, 3.63) is 64.1 Å². The van der Waals surface area contributed by atoms with Crippen molar-refractivity contribution < 1.29 is 9.47 Å². The lowest BCUT2D eigenvalue weighted by molar-refractivity contribution is 0.0835. The molecular weight excluding hydrogens is 354 g/mol. The van der Waals surface area contributed by atoms with Crippen molar-refractivity contribution in [3.8, 4) is 5.75 Å². The fraction of sp³-hybridized carbons (Fsp3) is 0.455. The van der Waals surface area contributed by atoms with E-state index < -0.39 is 0 Å². The van der Waals surface area contributed by atoms with Crippen LogP contribution in [0.3, 0.4) is 0 Å². The van der Waals surface area contributed by atoms with E-state index in [-0.39, 0.29) is 5.56 Å². The zero-order valence-electron chi connectivity index (χ0n) is 16.6. The fourth-order valence-electron chi connectivity index (χ4n) is 3.77. The number of hydrogen-bond acceptors (Lipinski definition) is 4. The van der Waals surface area contributed by atoms with Gasteiger partial charge in [-0.25, -0.2) is 4.98 Å². The topological polar surface area (TPSA) is 57.8 Å². The van der Waals surface area contributed by atoms with Crippen LogP contribution in [0.25, 0.3) is 5.52 Å². The van der Waals surface area contributed by atoms with E-state index in [2.05, 4.69) is 11.9 Å². The van der Waals surface area contributed by atoms with Gasteiger partial charge in [0.1, 0.15) is 17.1 Å². The molecule has 3 heterocycles. The number of benzene rings is 1. The Kier molecular flexibility index (Phi) is 5.48. The first kappa shape index (κ1) is 18.7. The van der Waals surface area contributed by atoms with Gasteiger partial charge >= 0.3 is 0 Å². The molecule has 0 bridgehead atoms. The summed E-state index contributed by atoms with van der Waals surface area (Å²) in [6.45, 7) is 6.83. The third-order valence-electron chi connectivity index (χ3n) is 5.35. The zero-order chi connectivity index (χ0) is 19.5. The van der Waals surface area contributed by atoms with Crippen molar-refractivity contribution in [1.29, 1.82) is 0 Å². The van der Waals surface area contributed by atoms with Crippen LogP contribution in [-0.2, 0) is 11.3 Å². The summed E-state index contributed by atoms with van der Waals surface area (Å²) in [5, 5.41) is 0. The summed E-state index contributed by atoms with van der Waals surface area (Å²) in [4.78, 5) is 17.7. The molecular formula is C22H27N3O3. The van der Waals surface area contributed by atoms with Gasteiger partial charge in [0.05, 0.1) is 19.3 Å². The number of imidazole rings is 1. The highest BCUT2D eigenvalue weighted by Crippen LogP contribution is 2.26. The summed E-state index contributed by atoms with van der Waals surface area (Å²) < 4.78 is 14.9. The Bertz CT molecular complexity index is 998. The van der Waals surface area contributed by atoms with Crippen LogP contribution in [0.4, 0.5) is 0 Å². The molecule has 0 amide bonds. The Morgan fingerprint density at radius 1 is 1.21 bits per heavy atom. The lowest BCUT2D eigenvalue weighted by atomic mass is 10.00. The highest BCUT2D eigenvalue weighted by Gasteiger charge is 2.22. The van der Waals surface area contributed by atoms with E-state index in [0.717, 1.165) is 55.3 Å². The van der Waals surface area contributed by atoms with Crippen molar-refractivity contribution in [2.75, 3.05) is 19.8 Å². The smallest absolute Gasteiger partial charge is 0.276 e. The number of rotatable bonds is 6. The van der Waals surface area contributed by atoms with Gasteiger partial charge in [0.15, 0.2) is 0 Å². The molecule has 6 heteroatoms. The second-order valence-electron chi connectivity index (χ2n) is 7.41. The molecule has 0 radical (unpaired) electrons. The Labute approximate surface area is 164 Å². The Morgan fingerprint density at radius 2 is 1.96 bits per heavy atom. The molecule has 0 aliphatic carbocycles. The molecule has 1 fully saturated rings. The molecule has 1 aromatic carbocycles. The van der Waals surface area contributed by atoms with Gasteiger partial charge in [-0.3, -0.25) is 9.20 Å². The second kappa shape index (κ2) is 8.19. The van der Waals surface area contributed by atoms with Gasteiger partial charge in [0, 0.05) is 31.0 Å². The first-order chi connectivity index (χ1) is 13.7. The summed E-state index contributed by atoms with van der Waals surface area (Å²) in [5.41, 5.74) is 2.63. The highest BCUT2D eigenvalue weighted by atomic mass is 16.5. The van der Waals surface area contributed by atoms with Gasteiger partial charge in [-0.2, -0.15) is 0 Å². The lowest BCUT2D eigenvalue weighted by Crippen LogP contribution is -2.25. The van der Waals surface area contributed by atoms with Gasteiger partial charge in [-0.05, 0) is 43.9 Å². The molecule has 28 heavy (non-hydrogen) atoms. The summed E-state index contributed by atoms with van der Waals surface area (Å²) in [7, 11) is 0. The summed E-state index contributed by atoms with van der Waals surface area (Å²) in [6.07, 6.45) is 6.64. The lowest BCUT2D eigenvalue weighted by Gasteiger charge is -2.21. The molecule has 3 aromatic rings. The van der Waals surface area contributed by atoms with Crippen LogP contribution in [0.5, 0.6) is 5.75 Å². The number of hydrogen-bond donors (Lipinski definition) is 0. The predicted molar refractivity (Wildman–Crippen MR) is 108 cm³/mol. The van der Waals surface area contributed by atoms with E-state index in [4.69, 9.17) is 9.47 Å². The third kappa shape index (κ3) is 3.69. The minimum atomic E-state index is -0.00267. The summed E-state index contributed by atoms with van der Waals surface area (Å²) in [6, 6.07) is 7.97. The highest BCUT2D eigenvalue weighted by molar-refractivity contribution is 5.45. The third-order valence-corrected chi connectivity index (χ3v) is 5.35. The van der Waals surface area contributed by atoms with Crippen LogP contribution >= 0.6 is 0 Å². The molecule has 4 rings (SSSR count). The molecule has 148 valence electrons. The standard InChI is InChI=1S/C22H27N3O3/c1-3-10-28-19-6-4-17(5-7-19)15-24-16(2)14-25-20(22(24)26)13-23-21(25)18-8-11-27-12-9-18/h4-7,13-14,18H,3,8-12,15H2,1-2H3. The average Bonchev–Trinajstić information content (AvgIpc) is 3.15. The van der Waals surface area contributed by atoms with Gasteiger partial charge in [-0.15, -0.1) is 0 Å². The van der Waals surface area contributed by atoms with Gasteiger partial charge < -0.3 is 14.0 Å². The van der Waals surface area contributed by atoms with Crippen molar-refractivity contribution in [2.24, 2.45) is 0 Å². The maximum atomic E-state index is 13.1. The number of aromatic nitrogens is 3. The van der Waals surface area contributed by atoms with Crippen LogP contribution in [-0.4, -0.2) is 33.8 Å². The molecule has 0 spiro atoms. The van der Waals surface area contributed by atoms with E-state index in [1.807, 2.05) is 46.4 Å². The Hall–Kier alpha value is -2.60. The second-order valence-corrected chi connectivity index (χ2v) is 7.41. The number of ether oxygens (including phenoxy) is 2. The predicted octanol–water partition coefficient (Wildman–Crippen LogP) is 3.54. The quantitative estimate of drug-likeness (QED) is 0.655. The van der Waals surface area contributed by atoms with E-state index in [1.54, 1.807) is 6.20 Å². The monoisotopic (exact) mass is 381 g/mol. The summed E-state index contributed by atoms with van der Waals surface area (Å²) >= 11 is 0.